The summed E-state index contributed by atoms with van der Waals surface area (Å²) < 4.78 is 11.0. The summed E-state index contributed by atoms with van der Waals surface area (Å²) in [7, 11) is 0. The molecule has 5 nitrogen and oxygen atoms in total. The fraction of sp³-hybridized carbons (Fsp3) is 0.226. The zero-order chi connectivity index (χ0) is 25.1. The summed E-state index contributed by atoms with van der Waals surface area (Å²) in [4.78, 5) is 0. The summed E-state index contributed by atoms with van der Waals surface area (Å²) in [6.07, 6.45) is 0. The number of nitrogens with zero attached hydrogens (tertiary/aromatic N) is 4. The van der Waals surface area contributed by atoms with Crippen molar-refractivity contribution >= 4 is 11.8 Å². The number of aromatic nitrogens is 4. The molecule has 2 atom stereocenters. The van der Waals surface area contributed by atoms with Gasteiger partial charge in [-0.15, -0.1) is 11.8 Å². The lowest BCUT2D eigenvalue weighted by Gasteiger charge is -2.46. The number of ether oxygens (including phenoxy) is 1. The minimum absolute atomic E-state index is 0.125. The topological polar surface area (TPSA) is 44.9 Å². The van der Waals surface area contributed by atoms with Crippen LogP contribution in [0.2, 0.25) is 0 Å². The third kappa shape index (κ3) is 3.46. The van der Waals surface area contributed by atoms with E-state index in [9.17, 15) is 0 Å². The second kappa shape index (κ2) is 8.38. The first-order valence-corrected chi connectivity index (χ1v) is 13.7. The molecule has 0 spiro atoms. The normalized spacial score (nSPS) is 19.4. The van der Waals surface area contributed by atoms with E-state index in [2.05, 4.69) is 92.2 Å². The van der Waals surface area contributed by atoms with E-state index < -0.39 is 0 Å². The zero-order valence-electron chi connectivity index (χ0n) is 21.1. The molecule has 37 heavy (non-hydrogen) atoms. The molecule has 5 aromatic rings. The maximum atomic E-state index is 6.88. The van der Waals surface area contributed by atoms with E-state index in [0.29, 0.717) is 0 Å². The SMILES string of the molecule is Cc1nn(-c2ccccc2)c2c1[C@@H]1c3c(-c4ccccc4)nn(-c4ccccc4)c3OC(C)(C)[C@@H]1CS2. The Morgan fingerprint density at radius 3 is 2.03 bits per heavy atom. The molecule has 2 aliphatic heterocycles. The van der Waals surface area contributed by atoms with Crippen LogP contribution in [0.15, 0.2) is 96.0 Å². The second-order valence-electron chi connectivity index (χ2n) is 10.3. The Hall–Kier alpha value is -3.77. The van der Waals surface area contributed by atoms with Gasteiger partial charge < -0.3 is 4.74 Å². The van der Waals surface area contributed by atoms with Gasteiger partial charge in [-0.2, -0.15) is 10.2 Å². The van der Waals surface area contributed by atoms with Gasteiger partial charge in [-0.05, 0) is 45.0 Å². The molecule has 0 amide bonds. The van der Waals surface area contributed by atoms with Gasteiger partial charge in [0.25, 0.3) is 0 Å². The van der Waals surface area contributed by atoms with E-state index in [0.717, 1.165) is 45.5 Å². The molecule has 0 bridgehead atoms. The van der Waals surface area contributed by atoms with Crippen LogP contribution in [0.5, 0.6) is 5.88 Å². The van der Waals surface area contributed by atoms with Crippen LogP contribution in [0, 0.1) is 12.8 Å². The molecule has 0 fully saturated rings. The van der Waals surface area contributed by atoms with Gasteiger partial charge in [-0.1, -0.05) is 66.7 Å². The highest BCUT2D eigenvalue weighted by molar-refractivity contribution is 7.99. The van der Waals surface area contributed by atoms with Crippen molar-refractivity contribution in [2.24, 2.45) is 5.92 Å². The number of benzene rings is 3. The number of fused-ring (bicyclic) bond motifs is 5. The standard InChI is InChI=1S/C31H28N4OS/c1-20-25-26-24(19-37-30(25)35(32-20)23-17-11-6-12-18-23)31(2,3)36-29-27(26)28(21-13-7-4-8-14-21)33-34(29)22-15-9-5-10-16-22/h4-18,24,26H,19H2,1-3H3/t24-,26-/m1/s1. The Morgan fingerprint density at radius 1 is 0.784 bits per heavy atom. The lowest BCUT2D eigenvalue weighted by molar-refractivity contribution is 0.0200. The molecule has 0 aliphatic carbocycles. The lowest BCUT2D eigenvalue weighted by Crippen LogP contribution is -2.47. The Morgan fingerprint density at radius 2 is 1.38 bits per heavy atom. The van der Waals surface area contributed by atoms with E-state index in [1.54, 1.807) is 0 Å². The van der Waals surface area contributed by atoms with Crippen LogP contribution in [0.4, 0.5) is 0 Å². The van der Waals surface area contributed by atoms with Crippen molar-refractivity contribution in [3.63, 3.8) is 0 Å². The van der Waals surface area contributed by atoms with E-state index in [4.69, 9.17) is 14.9 Å². The van der Waals surface area contributed by atoms with Gasteiger partial charge in [-0.25, -0.2) is 9.36 Å². The van der Waals surface area contributed by atoms with Gasteiger partial charge >= 0.3 is 0 Å². The van der Waals surface area contributed by atoms with E-state index in [1.807, 2.05) is 40.7 Å². The summed E-state index contributed by atoms with van der Waals surface area (Å²) in [5.74, 6) is 2.19. The highest BCUT2D eigenvalue weighted by atomic mass is 32.2. The van der Waals surface area contributed by atoms with E-state index in [1.165, 1.54) is 10.6 Å². The first-order valence-electron chi connectivity index (χ1n) is 12.7. The number of hydrogen-bond acceptors (Lipinski definition) is 4. The van der Waals surface area contributed by atoms with Crippen LogP contribution in [0.25, 0.3) is 22.6 Å². The van der Waals surface area contributed by atoms with Crippen LogP contribution in [0.3, 0.4) is 0 Å². The third-order valence-electron chi connectivity index (χ3n) is 7.67. The minimum Gasteiger partial charge on any atom is -0.471 e. The molecule has 6 heteroatoms. The third-order valence-corrected chi connectivity index (χ3v) is 8.86. The molecule has 4 heterocycles. The number of hydrogen-bond donors (Lipinski definition) is 0. The Balaban J connectivity index is 1.52. The Kier molecular flexibility index (Phi) is 5.08. The largest absolute Gasteiger partial charge is 0.471 e. The Labute approximate surface area is 221 Å². The second-order valence-corrected chi connectivity index (χ2v) is 11.3. The highest BCUT2D eigenvalue weighted by Crippen LogP contribution is 2.58. The van der Waals surface area contributed by atoms with Crippen LogP contribution < -0.4 is 4.74 Å². The van der Waals surface area contributed by atoms with Gasteiger partial charge in [0.05, 0.1) is 22.6 Å². The monoisotopic (exact) mass is 504 g/mol. The highest BCUT2D eigenvalue weighted by Gasteiger charge is 2.52. The maximum Gasteiger partial charge on any atom is 0.221 e. The molecule has 0 unspecified atom stereocenters. The minimum atomic E-state index is -0.371. The van der Waals surface area contributed by atoms with Crippen molar-refractivity contribution in [3.8, 4) is 28.5 Å². The van der Waals surface area contributed by atoms with Crippen LogP contribution in [0.1, 0.15) is 36.6 Å². The Bertz CT molecular complexity index is 1590. The molecule has 0 radical (unpaired) electrons. The summed E-state index contributed by atoms with van der Waals surface area (Å²) in [5, 5.41) is 11.5. The molecular formula is C31H28N4OS. The predicted molar refractivity (Wildman–Crippen MR) is 148 cm³/mol. The van der Waals surface area contributed by atoms with Crippen LogP contribution >= 0.6 is 11.8 Å². The van der Waals surface area contributed by atoms with Crippen molar-refractivity contribution in [2.45, 2.75) is 37.3 Å². The summed E-state index contributed by atoms with van der Waals surface area (Å²) in [6, 6.07) is 31.2. The number of para-hydroxylation sites is 2. The van der Waals surface area contributed by atoms with Gasteiger partial charge in [0.1, 0.15) is 16.3 Å². The predicted octanol–water partition coefficient (Wildman–Crippen LogP) is 7.06. The summed E-state index contributed by atoms with van der Waals surface area (Å²) in [5.41, 5.74) is 7.33. The maximum absolute atomic E-state index is 6.88. The average molecular weight is 505 g/mol. The molecule has 184 valence electrons. The van der Waals surface area contributed by atoms with Crippen molar-refractivity contribution in [1.29, 1.82) is 0 Å². The molecule has 0 saturated carbocycles. The molecular weight excluding hydrogens is 476 g/mol. The first kappa shape index (κ1) is 22.4. The fourth-order valence-corrected chi connectivity index (χ4v) is 7.47. The van der Waals surface area contributed by atoms with Crippen LogP contribution in [-0.4, -0.2) is 30.9 Å². The van der Waals surface area contributed by atoms with Crippen molar-refractivity contribution < 1.29 is 4.74 Å². The fourth-order valence-electron chi connectivity index (χ4n) is 5.84. The number of aryl methyl sites for hydroxylation is 1. The number of thioether (sulfide) groups is 1. The smallest absolute Gasteiger partial charge is 0.221 e. The molecule has 7 rings (SSSR count). The van der Waals surface area contributed by atoms with Crippen LogP contribution in [-0.2, 0) is 0 Å². The molecule has 2 aliphatic rings. The molecule has 0 saturated heterocycles. The van der Waals surface area contributed by atoms with E-state index >= 15 is 0 Å². The zero-order valence-corrected chi connectivity index (χ0v) is 21.9. The molecule has 2 aromatic heterocycles. The lowest BCUT2D eigenvalue weighted by atomic mass is 9.71. The summed E-state index contributed by atoms with van der Waals surface area (Å²) >= 11 is 1.89. The van der Waals surface area contributed by atoms with Gasteiger partial charge in [0.2, 0.25) is 5.88 Å². The number of rotatable bonds is 3. The van der Waals surface area contributed by atoms with Gasteiger partial charge in [0, 0.05) is 28.7 Å². The average Bonchev–Trinajstić information content (AvgIpc) is 3.47. The summed E-state index contributed by atoms with van der Waals surface area (Å²) in [6.45, 7) is 6.59. The van der Waals surface area contributed by atoms with E-state index in [-0.39, 0.29) is 17.4 Å². The van der Waals surface area contributed by atoms with Crippen molar-refractivity contribution in [3.05, 3.63) is 108 Å². The molecule has 3 aromatic carbocycles. The van der Waals surface area contributed by atoms with Crippen molar-refractivity contribution in [2.75, 3.05) is 5.75 Å². The molecule has 0 N–H and O–H groups in total. The van der Waals surface area contributed by atoms with Crippen molar-refractivity contribution in [1.82, 2.24) is 19.6 Å². The van der Waals surface area contributed by atoms with Gasteiger partial charge in [-0.3, -0.25) is 0 Å². The quantitative estimate of drug-likeness (QED) is 0.264. The first-order chi connectivity index (χ1) is 18.0. The van der Waals surface area contributed by atoms with Gasteiger partial charge in [0.15, 0.2) is 0 Å².